The molecule has 0 radical (unpaired) electrons. The summed E-state index contributed by atoms with van der Waals surface area (Å²) in [5.41, 5.74) is 2.39. The average molecular weight is 367 g/mol. The van der Waals surface area contributed by atoms with E-state index < -0.39 is 16.2 Å². The molecule has 1 fully saturated rings. The number of likely N-dealkylation sites (tertiary alicyclic amines) is 1. The van der Waals surface area contributed by atoms with E-state index in [1.54, 1.807) is 0 Å². The van der Waals surface area contributed by atoms with E-state index >= 15 is 0 Å². The lowest BCUT2D eigenvalue weighted by atomic mass is 9.70. The monoisotopic (exact) mass is 367 g/mol. The maximum absolute atomic E-state index is 11.9. The van der Waals surface area contributed by atoms with Crippen LogP contribution < -0.4 is 0 Å². The zero-order chi connectivity index (χ0) is 18.2. The van der Waals surface area contributed by atoms with Gasteiger partial charge in [0.05, 0.1) is 19.0 Å². The molecule has 0 spiro atoms. The maximum Gasteiger partial charge on any atom is 0.302 e. The fraction of sp³-hybridized carbons (Fsp3) is 0.611. The van der Waals surface area contributed by atoms with Crippen molar-refractivity contribution in [2.24, 2.45) is 5.92 Å². The molecule has 0 aromatic heterocycles. The molecule has 0 N–H and O–H groups in total. The highest BCUT2D eigenvalue weighted by atomic mass is 32.2. The van der Waals surface area contributed by atoms with E-state index in [1.165, 1.54) is 12.5 Å². The van der Waals surface area contributed by atoms with E-state index in [4.69, 9.17) is 8.92 Å². The summed E-state index contributed by atoms with van der Waals surface area (Å²) in [5, 5.41) is 0. The Kier molecular flexibility index (Phi) is 5.18. The molecule has 1 aromatic rings. The Labute approximate surface area is 149 Å². The van der Waals surface area contributed by atoms with Gasteiger partial charge in [-0.05, 0) is 31.0 Å². The summed E-state index contributed by atoms with van der Waals surface area (Å²) < 4.78 is 34.6. The third-order valence-corrected chi connectivity index (χ3v) is 5.80. The molecule has 0 bridgehead atoms. The van der Waals surface area contributed by atoms with Crippen molar-refractivity contribution >= 4 is 16.1 Å². The Balaban J connectivity index is 1.99. The van der Waals surface area contributed by atoms with Gasteiger partial charge >= 0.3 is 5.97 Å². The normalized spacial score (nSPS) is 29.6. The van der Waals surface area contributed by atoms with E-state index in [9.17, 15) is 13.2 Å². The van der Waals surface area contributed by atoms with Crippen LogP contribution in [0.25, 0.3) is 0 Å². The molecule has 1 aromatic carbocycles. The lowest BCUT2D eigenvalue weighted by Gasteiger charge is -2.49. The molecular weight excluding hydrogens is 342 g/mol. The van der Waals surface area contributed by atoms with E-state index in [-0.39, 0.29) is 30.5 Å². The van der Waals surface area contributed by atoms with Crippen molar-refractivity contribution in [3.8, 4) is 0 Å². The minimum Gasteiger partial charge on any atom is -0.465 e. The maximum atomic E-state index is 11.9. The van der Waals surface area contributed by atoms with Gasteiger partial charge in [-0.3, -0.25) is 8.98 Å². The Morgan fingerprint density at radius 2 is 2.04 bits per heavy atom. The molecule has 0 saturated carbocycles. The molecule has 2 aliphatic rings. The Bertz CT molecular complexity index is 748. The summed E-state index contributed by atoms with van der Waals surface area (Å²) in [6, 6.07) is 8.37. The van der Waals surface area contributed by atoms with Crippen LogP contribution in [0.2, 0.25) is 0 Å². The van der Waals surface area contributed by atoms with Crippen LogP contribution in [0.3, 0.4) is 0 Å². The summed E-state index contributed by atoms with van der Waals surface area (Å²) in [6.07, 6.45) is 2.49. The van der Waals surface area contributed by atoms with Gasteiger partial charge in [0.15, 0.2) is 0 Å². The minimum absolute atomic E-state index is 0.0565. The number of esters is 1. The number of carbonyl (C=O) groups is 1. The second kappa shape index (κ2) is 7.05. The molecule has 1 heterocycles. The van der Waals surface area contributed by atoms with Gasteiger partial charge in [0, 0.05) is 31.3 Å². The predicted molar refractivity (Wildman–Crippen MR) is 93.8 cm³/mol. The fourth-order valence-corrected chi connectivity index (χ4v) is 4.96. The summed E-state index contributed by atoms with van der Waals surface area (Å²) >= 11 is 0. The molecular formula is C18H25NO5S. The zero-order valence-electron chi connectivity index (χ0n) is 14.8. The topological polar surface area (TPSA) is 72.9 Å². The number of ether oxygens (including phenoxy) is 1. The largest absolute Gasteiger partial charge is 0.465 e. The zero-order valence-corrected chi connectivity index (χ0v) is 15.7. The van der Waals surface area contributed by atoms with Crippen molar-refractivity contribution in [1.29, 1.82) is 0 Å². The van der Waals surface area contributed by atoms with Gasteiger partial charge in [0.2, 0.25) is 0 Å². The van der Waals surface area contributed by atoms with Crippen LogP contribution >= 0.6 is 0 Å². The number of benzene rings is 1. The van der Waals surface area contributed by atoms with Crippen LogP contribution in [0, 0.1) is 5.92 Å². The van der Waals surface area contributed by atoms with Crippen LogP contribution in [0.4, 0.5) is 0 Å². The van der Waals surface area contributed by atoms with Crippen molar-refractivity contribution in [3.63, 3.8) is 0 Å². The van der Waals surface area contributed by atoms with Crippen LogP contribution in [0.1, 0.15) is 30.4 Å². The highest BCUT2D eigenvalue weighted by molar-refractivity contribution is 7.86. The van der Waals surface area contributed by atoms with Crippen LogP contribution in [0.5, 0.6) is 0 Å². The van der Waals surface area contributed by atoms with Gasteiger partial charge in [0.1, 0.15) is 0 Å². The Morgan fingerprint density at radius 3 is 2.72 bits per heavy atom. The number of likely N-dealkylation sites (N-methyl/N-ethyl adjacent to an activating group) is 1. The van der Waals surface area contributed by atoms with Crippen LogP contribution in [-0.2, 0) is 30.3 Å². The van der Waals surface area contributed by atoms with E-state index in [1.807, 2.05) is 19.2 Å². The number of aryl methyl sites for hydroxylation is 1. The fourth-order valence-electron chi connectivity index (χ4n) is 4.28. The number of fused-ring (bicyclic) bond motifs is 3. The average Bonchev–Trinajstić information content (AvgIpc) is 2.54. The third kappa shape index (κ3) is 4.04. The molecule has 138 valence electrons. The molecule has 3 rings (SSSR count). The van der Waals surface area contributed by atoms with Crippen molar-refractivity contribution in [2.75, 3.05) is 26.5 Å². The second-order valence-electron chi connectivity index (χ2n) is 7.10. The number of hydrogen-bond donors (Lipinski definition) is 0. The molecule has 4 atom stereocenters. The molecule has 1 saturated heterocycles. The minimum atomic E-state index is -3.62. The van der Waals surface area contributed by atoms with Gasteiger partial charge < -0.3 is 9.64 Å². The molecule has 7 heteroatoms. The summed E-state index contributed by atoms with van der Waals surface area (Å²) in [4.78, 5) is 13.5. The smallest absolute Gasteiger partial charge is 0.302 e. The number of piperidine rings is 1. The predicted octanol–water partition coefficient (Wildman–Crippen LogP) is 1.55. The van der Waals surface area contributed by atoms with Gasteiger partial charge in [0.25, 0.3) is 10.1 Å². The highest BCUT2D eigenvalue weighted by Gasteiger charge is 2.47. The quantitative estimate of drug-likeness (QED) is 0.594. The first-order chi connectivity index (χ1) is 11.8. The van der Waals surface area contributed by atoms with Crippen molar-refractivity contribution < 1.29 is 22.1 Å². The second-order valence-corrected chi connectivity index (χ2v) is 8.70. The van der Waals surface area contributed by atoms with Crippen molar-refractivity contribution in [2.45, 2.75) is 37.8 Å². The summed E-state index contributed by atoms with van der Waals surface area (Å²) in [5.74, 6) is -0.623. The van der Waals surface area contributed by atoms with E-state index in [2.05, 4.69) is 17.0 Å². The SMILES string of the molecule is CC(=O)OC[C@@H]1CN(C)[C@@H]2CCc3ccccc3[C@H]2[C@@H]1OS(C)(=O)=O. The first-order valence-corrected chi connectivity index (χ1v) is 10.4. The molecule has 25 heavy (non-hydrogen) atoms. The number of nitrogens with zero attached hydrogens (tertiary/aromatic N) is 1. The lowest BCUT2D eigenvalue weighted by Crippen LogP contribution is -2.56. The Morgan fingerprint density at radius 1 is 1.32 bits per heavy atom. The van der Waals surface area contributed by atoms with Crippen LogP contribution in [-0.4, -0.2) is 57.9 Å². The van der Waals surface area contributed by atoms with Gasteiger partial charge in [-0.15, -0.1) is 0 Å². The Hall–Kier alpha value is -1.44. The van der Waals surface area contributed by atoms with E-state index in [0.717, 1.165) is 24.7 Å². The third-order valence-electron chi connectivity index (χ3n) is 5.23. The van der Waals surface area contributed by atoms with Crippen LogP contribution in [0.15, 0.2) is 24.3 Å². The molecule has 0 unspecified atom stereocenters. The molecule has 6 nitrogen and oxygen atoms in total. The highest BCUT2D eigenvalue weighted by Crippen LogP contribution is 2.43. The first-order valence-electron chi connectivity index (χ1n) is 8.56. The van der Waals surface area contributed by atoms with Gasteiger partial charge in [-0.1, -0.05) is 24.3 Å². The lowest BCUT2D eigenvalue weighted by molar-refractivity contribution is -0.145. The molecule has 1 aliphatic carbocycles. The molecule has 0 amide bonds. The number of carbonyl (C=O) groups excluding carboxylic acids is 1. The van der Waals surface area contributed by atoms with E-state index in [0.29, 0.717) is 6.54 Å². The first kappa shape index (κ1) is 18.4. The van der Waals surface area contributed by atoms with Crippen molar-refractivity contribution in [3.05, 3.63) is 35.4 Å². The molecule has 1 aliphatic heterocycles. The van der Waals surface area contributed by atoms with Crippen molar-refractivity contribution in [1.82, 2.24) is 4.90 Å². The van der Waals surface area contributed by atoms with Gasteiger partial charge in [-0.2, -0.15) is 8.42 Å². The number of hydrogen-bond acceptors (Lipinski definition) is 6. The summed E-state index contributed by atoms with van der Waals surface area (Å²) in [6.45, 7) is 2.15. The summed E-state index contributed by atoms with van der Waals surface area (Å²) in [7, 11) is -1.58. The number of rotatable bonds is 4. The standard InChI is InChI=1S/C18H25NO5S/c1-12(20)23-11-14-10-19(2)16-9-8-13-6-4-5-7-15(13)17(16)18(14)24-25(3,21)22/h4-7,14,16-18H,8-11H2,1-3H3/t14-,16+,17+,18+/m0/s1. The van der Waals surface area contributed by atoms with Gasteiger partial charge in [-0.25, -0.2) is 0 Å².